The third-order valence-corrected chi connectivity index (χ3v) is 5.71. The van der Waals surface area contributed by atoms with Crippen LogP contribution < -0.4 is 15.4 Å². The van der Waals surface area contributed by atoms with Gasteiger partial charge in [0.05, 0.1) is 12.0 Å². The van der Waals surface area contributed by atoms with E-state index in [2.05, 4.69) is 24.5 Å². The Balaban J connectivity index is 1.59. The Morgan fingerprint density at radius 1 is 1.06 bits per heavy atom. The quantitative estimate of drug-likeness (QED) is 0.226. The van der Waals surface area contributed by atoms with E-state index in [0.29, 0.717) is 22.7 Å². The molecule has 0 spiro atoms. The molecule has 0 unspecified atom stereocenters. The summed E-state index contributed by atoms with van der Waals surface area (Å²) in [5.74, 6) is -0.0340. The summed E-state index contributed by atoms with van der Waals surface area (Å²) in [6.07, 6.45) is 2.36. The molecule has 1 amide bonds. The molecular weight excluding hydrogens is 446 g/mol. The Bertz CT molecular complexity index is 1360. The summed E-state index contributed by atoms with van der Waals surface area (Å²) in [7, 11) is 1.60. The van der Waals surface area contributed by atoms with Crippen molar-refractivity contribution >= 4 is 28.8 Å². The highest BCUT2D eigenvalue weighted by atomic mass is 16.6. The van der Waals surface area contributed by atoms with Gasteiger partial charge in [0.2, 0.25) is 0 Å². The molecule has 1 aliphatic heterocycles. The van der Waals surface area contributed by atoms with E-state index in [9.17, 15) is 19.7 Å². The summed E-state index contributed by atoms with van der Waals surface area (Å²) in [5.41, 5.74) is 3.27. The predicted octanol–water partition coefficient (Wildman–Crippen LogP) is 5.00. The number of anilines is 1. The van der Waals surface area contributed by atoms with E-state index in [1.54, 1.807) is 37.5 Å². The molecule has 3 aromatic rings. The van der Waals surface area contributed by atoms with Gasteiger partial charge in [-0.2, -0.15) is 0 Å². The Kier molecular flexibility index (Phi) is 6.38. The fourth-order valence-corrected chi connectivity index (χ4v) is 4.08. The molecule has 0 fully saturated rings. The van der Waals surface area contributed by atoms with Crippen molar-refractivity contribution in [3.8, 4) is 5.75 Å². The summed E-state index contributed by atoms with van der Waals surface area (Å²) >= 11 is 0. The third-order valence-electron chi connectivity index (χ3n) is 5.71. The van der Waals surface area contributed by atoms with E-state index < -0.39 is 10.8 Å². The number of hydrogen-bond acceptors (Lipinski definition) is 6. The number of ketones is 1. The summed E-state index contributed by atoms with van der Waals surface area (Å²) in [5, 5.41) is 17.1. The van der Waals surface area contributed by atoms with Crippen LogP contribution in [0, 0.1) is 10.1 Å². The molecular formula is C27H25N3O5. The predicted molar refractivity (Wildman–Crippen MR) is 134 cm³/mol. The van der Waals surface area contributed by atoms with Crippen molar-refractivity contribution in [1.82, 2.24) is 5.32 Å². The first kappa shape index (κ1) is 23.7. The molecule has 1 heterocycles. The van der Waals surface area contributed by atoms with Crippen molar-refractivity contribution in [2.45, 2.75) is 25.8 Å². The van der Waals surface area contributed by atoms with Crippen LogP contribution in [-0.2, 0) is 6.42 Å². The number of nitro benzene ring substituents is 1. The largest absolute Gasteiger partial charge is 0.497 e. The maximum Gasteiger partial charge on any atom is 0.270 e. The van der Waals surface area contributed by atoms with E-state index in [4.69, 9.17) is 4.74 Å². The number of hydrogen-bond donors (Lipinski definition) is 2. The minimum Gasteiger partial charge on any atom is -0.497 e. The zero-order valence-corrected chi connectivity index (χ0v) is 19.6. The maximum atomic E-state index is 13.2. The number of rotatable bonds is 6. The third kappa shape index (κ3) is 5.38. The lowest BCUT2D eigenvalue weighted by atomic mass is 9.85. The normalized spacial score (nSPS) is 15.0. The number of fused-ring (bicyclic) bond motifs is 1. The molecule has 3 aromatic carbocycles. The van der Waals surface area contributed by atoms with Gasteiger partial charge in [-0.1, -0.05) is 24.3 Å². The van der Waals surface area contributed by atoms with E-state index in [0.717, 1.165) is 17.5 Å². The second-order valence-corrected chi connectivity index (χ2v) is 8.97. The van der Waals surface area contributed by atoms with Gasteiger partial charge in [-0.25, -0.2) is 0 Å². The molecule has 0 aromatic heterocycles. The fourth-order valence-electron chi connectivity index (χ4n) is 4.08. The van der Waals surface area contributed by atoms with Crippen molar-refractivity contribution in [1.29, 1.82) is 0 Å². The van der Waals surface area contributed by atoms with Crippen molar-refractivity contribution in [2.75, 3.05) is 12.4 Å². The molecule has 178 valence electrons. The average molecular weight is 472 g/mol. The first-order valence-corrected chi connectivity index (χ1v) is 11.0. The number of amides is 1. The van der Waals surface area contributed by atoms with E-state index in [1.165, 1.54) is 24.3 Å². The number of allylic oxidation sites excluding steroid dienone is 1. The fraction of sp³-hybridized carbons (Fsp3) is 0.185. The van der Waals surface area contributed by atoms with Crippen molar-refractivity contribution in [2.24, 2.45) is 0 Å². The number of nitrogens with zero attached hydrogens (tertiary/aromatic N) is 1. The second kappa shape index (κ2) is 9.42. The lowest BCUT2D eigenvalue weighted by Crippen LogP contribution is -2.43. The molecule has 0 radical (unpaired) electrons. The highest BCUT2D eigenvalue weighted by Gasteiger charge is 2.28. The van der Waals surface area contributed by atoms with Gasteiger partial charge in [0.15, 0.2) is 5.78 Å². The van der Waals surface area contributed by atoms with Gasteiger partial charge in [-0.3, -0.25) is 19.7 Å². The van der Waals surface area contributed by atoms with Crippen LogP contribution in [0.3, 0.4) is 0 Å². The van der Waals surface area contributed by atoms with E-state index >= 15 is 0 Å². The SMILES string of the molecule is COc1ccc2c(c1)C(=CC(=O)c1cccc(NC(=O)c3cccc([N+](=O)[O-])c3)c1)NC(C)(C)C2. The molecule has 0 atom stereocenters. The van der Waals surface area contributed by atoms with Crippen molar-refractivity contribution in [3.63, 3.8) is 0 Å². The minimum atomic E-state index is -0.558. The van der Waals surface area contributed by atoms with Gasteiger partial charge < -0.3 is 15.4 Å². The van der Waals surface area contributed by atoms with Gasteiger partial charge >= 0.3 is 0 Å². The smallest absolute Gasteiger partial charge is 0.270 e. The van der Waals surface area contributed by atoms with Crippen molar-refractivity contribution < 1.29 is 19.2 Å². The van der Waals surface area contributed by atoms with Gasteiger partial charge in [0.1, 0.15) is 5.75 Å². The van der Waals surface area contributed by atoms with Crippen LogP contribution in [0.15, 0.2) is 72.8 Å². The number of carbonyl (C=O) groups is 2. The molecule has 1 aliphatic rings. The number of methoxy groups -OCH3 is 1. The monoisotopic (exact) mass is 471 g/mol. The minimum absolute atomic E-state index is 0.150. The Morgan fingerprint density at radius 3 is 2.54 bits per heavy atom. The summed E-state index contributed by atoms with van der Waals surface area (Å²) < 4.78 is 5.36. The van der Waals surface area contributed by atoms with Crippen LogP contribution in [-0.4, -0.2) is 29.3 Å². The highest BCUT2D eigenvalue weighted by molar-refractivity contribution is 6.10. The molecule has 0 saturated carbocycles. The van der Waals surface area contributed by atoms with Crippen LogP contribution >= 0.6 is 0 Å². The maximum absolute atomic E-state index is 13.2. The zero-order chi connectivity index (χ0) is 25.2. The lowest BCUT2D eigenvalue weighted by molar-refractivity contribution is -0.384. The van der Waals surface area contributed by atoms with Crippen LogP contribution in [0.25, 0.3) is 5.70 Å². The van der Waals surface area contributed by atoms with Crippen LogP contribution in [0.5, 0.6) is 5.75 Å². The molecule has 8 heteroatoms. The van der Waals surface area contributed by atoms with Gasteiger partial charge in [-0.05, 0) is 56.2 Å². The zero-order valence-electron chi connectivity index (χ0n) is 19.6. The summed E-state index contributed by atoms with van der Waals surface area (Å²) in [4.78, 5) is 36.2. The molecule has 35 heavy (non-hydrogen) atoms. The number of nitrogens with one attached hydrogen (secondary N) is 2. The van der Waals surface area contributed by atoms with Gasteiger partial charge in [0, 0.05) is 51.8 Å². The number of carbonyl (C=O) groups excluding carboxylic acids is 2. The Hall–Kier alpha value is -4.46. The first-order chi connectivity index (χ1) is 16.6. The number of non-ortho nitro benzene ring substituents is 1. The van der Waals surface area contributed by atoms with Gasteiger partial charge in [-0.15, -0.1) is 0 Å². The number of ether oxygens (including phenoxy) is 1. The Morgan fingerprint density at radius 2 is 1.80 bits per heavy atom. The van der Waals surface area contributed by atoms with Crippen LogP contribution in [0.4, 0.5) is 11.4 Å². The molecule has 0 aliphatic carbocycles. The summed E-state index contributed by atoms with van der Waals surface area (Å²) in [6, 6.07) is 17.9. The summed E-state index contributed by atoms with van der Waals surface area (Å²) in [6.45, 7) is 4.14. The van der Waals surface area contributed by atoms with Crippen LogP contribution in [0.1, 0.15) is 45.7 Å². The molecule has 0 saturated heterocycles. The van der Waals surface area contributed by atoms with E-state index in [-0.39, 0.29) is 22.6 Å². The number of benzene rings is 3. The molecule has 8 nitrogen and oxygen atoms in total. The van der Waals surface area contributed by atoms with Gasteiger partial charge in [0.25, 0.3) is 11.6 Å². The Labute approximate surface area is 202 Å². The van der Waals surface area contributed by atoms with Crippen molar-refractivity contribution in [3.05, 3.63) is 105 Å². The topological polar surface area (TPSA) is 111 Å². The average Bonchev–Trinajstić information content (AvgIpc) is 2.83. The second-order valence-electron chi connectivity index (χ2n) is 8.97. The van der Waals surface area contributed by atoms with E-state index in [1.807, 2.05) is 18.2 Å². The molecule has 4 rings (SSSR count). The standard InChI is InChI=1S/C27H25N3O5/c1-27(2)16-19-10-11-22(35-3)14-23(19)24(29-27)15-25(31)17-6-4-8-20(12-17)28-26(32)18-7-5-9-21(13-18)30(33)34/h4-15,29H,16H2,1-3H3,(H,28,32). The highest BCUT2D eigenvalue weighted by Crippen LogP contribution is 2.32. The molecule has 2 N–H and O–H groups in total. The number of nitro groups is 1. The van der Waals surface area contributed by atoms with Crippen LogP contribution in [0.2, 0.25) is 0 Å². The lowest BCUT2D eigenvalue weighted by Gasteiger charge is -2.35. The molecule has 0 bridgehead atoms. The first-order valence-electron chi connectivity index (χ1n) is 11.0.